The first kappa shape index (κ1) is 25.4. The van der Waals surface area contributed by atoms with Crippen molar-refractivity contribution in [3.63, 3.8) is 0 Å². The van der Waals surface area contributed by atoms with Gasteiger partial charge in [-0.2, -0.15) is 0 Å². The summed E-state index contributed by atoms with van der Waals surface area (Å²) in [5, 5.41) is 11.4. The summed E-state index contributed by atoms with van der Waals surface area (Å²) in [6.07, 6.45) is 0.838. The molecule has 0 aromatic heterocycles. The van der Waals surface area contributed by atoms with Gasteiger partial charge in [0.1, 0.15) is 19.0 Å². The van der Waals surface area contributed by atoms with Crippen molar-refractivity contribution < 1.29 is 33.6 Å². The van der Waals surface area contributed by atoms with Gasteiger partial charge in [0.25, 0.3) is 11.7 Å². The number of rotatable bonds is 9. The Morgan fingerprint density at radius 1 is 1.08 bits per heavy atom. The summed E-state index contributed by atoms with van der Waals surface area (Å²) in [5.74, 6) is 0.422. The van der Waals surface area contributed by atoms with Crippen molar-refractivity contribution in [3.8, 4) is 23.0 Å². The first-order valence-corrected chi connectivity index (χ1v) is 12.0. The highest BCUT2D eigenvalue weighted by Gasteiger charge is 2.46. The van der Waals surface area contributed by atoms with Gasteiger partial charge in [0.05, 0.1) is 25.3 Å². The molecule has 1 amide bonds. The fourth-order valence-corrected chi connectivity index (χ4v) is 4.30. The standard InChI is InChI=1S/C27H32N2O7/c1-5-12-34-19-8-6-17(15-21(19)33-4)24-23(26(31)27(32)29(24)11-10-28(2)3)25(30)18-7-9-20-22(16-18)36-14-13-35-20/h6-9,15-16,24,30H,5,10-14H2,1-4H3. The monoisotopic (exact) mass is 496 g/mol. The number of ketones is 1. The van der Waals surface area contributed by atoms with Crippen molar-refractivity contribution >= 4 is 17.4 Å². The number of ether oxygens (including phenoxy) is 4. The number of likely N-dealkylation sites (N-methyl/N-ethyl adjacent to an activating group) is 1. The molecule has 0 radical (unpaired) electrons. The van der Waals surface area contributed by atoms with Crippen molar-refractivity contribution in [2.75, 3.05) is 54.1 Å². The van der Waals surface area contributed by atoms with E-state index in [-0.39, 0.29) is 11.3 Å². The molecule has 2 aromatic rings. The molecular weight excluding hydrogens is 464 g/mol. The second-order valence-electron chi connectivity index (χ2n) is 8.91. The van der Waals surface area contributed by atoms with Crippen LogP contribution in [-0.4, -0.2) is 80.7 Å². The largest absolute Gasteiger partial charge is 0.507 e. The molecule has 1 fully saturated rings. The van der Waals surface area contributed by atoms with Crippen LogP contribution in [0.5, 0.6) is 23.0 Å². The van der Waals surface area contributed by atoms with E-state index in [0.29, 0.717) is 67.0 Å². The Bertz CT molecular complexity index is 1170. The summed E-state index contributed by atoms with van der Waals surface area (Å²) < 4.78 is 22.5. The summed E-state index contributed by atoms with van der Waals surface area (Å²) >= 11 is 0. The second kappa shape index (κ2) is 10.9. The SMILES string of the molecule is CCCOc1ccc(C2C(=C(O)c3ccc4c(c3)OCCO4)C(=O)C(=O)N2CCN(C)C)cc1OC. The molecule has 1 unspecified atom stereocenters. The topological polar surface area (TPSA) is 97.8 Å². The van der Waals surface area contributed by atoms with E-state index in [1.54, 1.807) is 36.4 Å². The summed E-state index contributed by atoms with van der Waals surface area (Å²) in [5.41, 5.74) is 1.01. The van der Waals surface area contributed by atoms with E-state index in [9.17, 15) is 14.7 Å². The van der Waals surface area contributed by atoms with Crippen molar-refractivity contribution in [1.29, 1.82) is 0 Å². The zero-order chi connectivity index (χ0) is 25.8. The van der Waals surface area contributed by atoms with Crippen LogP contribution in [0.2, 0.25) is 0 Å². The van der Waals surface area contributed by atoms with Crippen LogP contribution >= 0.6 is 0 Å². The molecule has 36 heavy (non-hydrogen) atoms. The number of carbonyl (C=O) groups is 2. The smallest absolute Gasteiger partial charge is 0.295 e. The molecule has 2 heterocycles. The average Bonchev–Trinajstić information content (AvgIpc) is 3.14. The predicted octanol–water partition coefficient (Wildman–Crippen LogP) is 3.24. The van der Waals surface area contributed by atoms with Crippen LogP contribution in [0, 0.1) is 0 Å². The van der Waals surface area contributed by atoms with Crippen molar-refractivity contribution in [2.45, 2.75) is 19.4 Å². The molecule has 2 aliphatic rings. The highest BCUT2D eigenvalue weighted by molar-refractivity contribution is 6.46. The Morgan fingerprint density at radius 3 is 2.53 bits per heavy atom. The number of nitrogens with zero attached hydrogens (tertiary/aromatic N) is 2. The van der Waals surface area contributed by atoms with E-state index in [1.165, 1.54) is 12.0 Å². The van der Waals surface area contributed by atoms with E-state index >= 15 is 0 Å². The summed E-state index contributed by atoms with van der Waals surface area (Å²) in [6.45, 7) is 4.21. The summed E-state index contributed by atoms with van der Waals surface area (Å²) in [4.78, 5) is 29.9. The Balaban J connectivity index is 1.82. The molecule has 4 rings (SSSR count). The predicted molar refractivity (Wildman–Crippen MR) is 134 cm³/mol. The lowest BCUT2D eigenvalue weighted by molar-refractivity contribution is -0.140. The number of aliphatic hydroxyl groups is 1. The quantitative estimate of drug-likeness (QED) is 0.321. The minimum absolute atomic E-state index is 0.0136. The molecule has 2 aliphatic heterocycles. The third kappa shape index (κ3) is 4.97. The molecule has 1 atom stereocenters. The van der Waals surface area contributed by atoms with Crippen molar-refractivity contribution in [1.82, 2.24) is 9.80 Å². The van der Waals surface area contributed by atoms with Gasteiger partial charge >= 0.3 is 0 Å². The fraction of sp³-hybridized carbons (Fsp3) is 0.407. The fourth-order valence-electron chi connectivity index (χ4n) is 4.30. The van der Waals surface area contributed by atoms with Gasteiger partial charge < -0.3 is 33.9 Å². The van der Waals surface area contributed by atoms with Crippen LogP contribution in [0.1, 0.15) is 30.5 Å². The molecule has 2 aromatic carbocycles. The number of amides is 1. The Labute approximate surface area is 210 Å². The first-order valence-electron chi connectivity index (χ1n) is 12.0. The number of fused-ring (bicyclic) bond motifs is 1. The number of benzene rings is 2. The van der Waals surface area contributed by atoms with E-state index in [1.807, 2.05) is 25.9 Å². The molecule has 0 aliphatic carbocycles. The lowest BCUT2D eigenvalue weighted by Gasteiger charge is -2.27. The number of carbonyl (C=O) groups excluding carboxylic acids is 2. The molecule has 9 nitrogen and oxygen atoms in total. The van der Waals surface area contributed by atoms with Gasteiger partial charge in [-0.1, -0.05) is 13.0 Å². The van der Waals surface area contributed by atoms with Crippen LogP contribution < -0.4 is 18.9 Å². The molecule has 9 heteroatoms. The molecular formula is C27H32N2O7. The summed E-state index contributed by atoms with van der Waals surface area (Å²) in [6, 6.07) is 9.47. The van der Waals surface area contributed by atoms with Gasteiger partial charge in [-0.05, 0) is 56.4 Å². The van der Waals surface area contributed by atoms with E-state index in [4.69, 9.17) is 18.9 Å². The van der Waals surface area contributed by atoms with Crippen LogP contribution in [0.15, 0.2) is 42.0 Å². The van der Waals surface area contributed by atoms with Gasteiger partial charge in [-0.25, -0.2) is 0 Å². The summed E-state index contributed by atoms with van der Waals surface area (Å²) in [7, 11) is 5.32. The van der Waals surface area contributed by atoms with Crippen molar-refractivity contribution in [2.24, 2.45) is 0 Å². The van der Waals surface area contributed by atoms with E-state index < -0.39 is 17.7 Å². The maximum Gasteiger partial charge on any atom is 0.295 e. The molecule has 0 bridgehead atoms. The highest BCUT2D eigenvalue weighted by Crippen LogP contribution is 2.43. The number of likely N-dealkylation sites (tertiary alicyclic amines) is 1. The Kier molecular flexibility index (Phi) is 7.69. The first-order chi connectivity index (χ1) is 17.3. The van der Waals surface area contributed by atoms with Gasteiger partial charge in [-0.3, -0.25) is 9.59 Å². The lowest BCUT2D eigenvalue weighted by Crippen LogP contribution is -2.35. The van der Waals surface area contributed by atoms with Gasteiger partial charge in [0, 0.05) is 18.7 Å². The minimum Gasteiger partial charge on any atom is -0.507 e. The van der Waals surface area contributed by atoms with Crippen LogP contribution in [0.25, 0.3) is 5.76 Å². The van der Waals surface area contributed by atoms with E-state index in [2.05, 4.69) is 0 Å². The Hall–Kier alpha value is -3.72. The lowest BCUT2D eigenvalue weighted by atomic mass is 9.94. The third-order valence-corrected chi connectivity index (χ3v) is 6.11. The number of hydrogen-bond acceptors (Lipinski definition) is 8. The molecule has 192 valence electrons. The average molecular weight is 497 g/mol. The van der Waals surface area contributed by atoms with Gasteiger partial charge in [0.2, 0.25) is 0 Å². The van der Waals surface area contributed by atoms with E-state index in [0.717, 1.165) is 6.42 Å². The number of methoxy groups -OCH3 is 1. The highest BCUT2D eigenvalue weighted by atomic mass is 16.6. The molecule has 1 saturated heterocycles. The number of hydrogen-bond donors (Lipinski definition) is 1. The third-order valence-electron chi connectivity index (χ3n) is 6.11. The molecule has 0 saturated carbocycles. The molecule has 1 N–H and O–H groups in total. The van der Waals surface area contributed by atoms with Crippen molar-refractivity contribution in [3.05, 3.63) is 53.1 Å². The normalized spacial score (nSPS) is 18.6. The maximum atomic E-state index is 13.3. The Morgan fingerprint density at radius 2 is 1.83 bits per heavy atom. The minimum atomic E-state index is -0.799. The van der Waals surface area contributed by atoms with Crippen LogP contribution in [-0.2, 0) is 9.59 Å². The number of Topliss-reactive ketones (excluding diaryl/α,β-unsaturated/α-hetero) is 1. The zero-order valence-electron chi connectivity index (χ0n) is 21.1. The number of aliphatic hydroxyl groups excluding tert-OH is 1. The maximum absolute atomic E-state index is 13.3. The zero-order valence-corrected chi connectivity index (χ0v) is 21.1. The molecule has 0 spiro atoms. The second-order valence-corrected chi connectivity index (χ2v) is 8.91. The van der Waals surface area contributed by atoms with Crippen LogP contribution in [0.3, 0.4) is 0 Å². The van der Waals surface area contributed by atoms with Gasteiger partial charge in [-0.15, -0.1) is 0 Å². The van der Waals surface area contributed by atoms with Crippen LogP contribution in [0.4, 0.5) is 0 Å². The van der Waals surface area contributed by atoms with Gasteiger partial charge in [0.15, 0.2) is 23.0 Å².